The van der Waals surface area contributed by atoms with E-state index in [4.69, 9.17) is 0 Å². The number of rotatable bonds is 8. The van der Waals surface area contributed by atoms with Crippen molar-refractivity contribution < 1.29 is 31.5 Å². The summed E-state index contributed by atoms with van der Waals surface area (Å²) in [6.45, 7) is 2.32. The van der Waals surface area contributed by atoms with Crippen LogP contribution in [-0.2, 0) is 17.8 Å². The third-order valence-electron chi connectivity index (χ3n) is 8.01. The Labute approximate surface area is 232 Å². The number of carbonyl (C=O) groups excluding carboxylic acids is 2. The molecule has 41 heavy (non-hydrogen) atoms. The first-order valence-corrected chi connectivity index (χ1v) is 13.8. The Kier molecular flexibility index (Phi) is 8.02. The lowest BCUT2D eigenvalue weighted by atomic mass is 9.81. The minimum absolute atomic E-state index is 0.00849. The number of piperidine rings is 1. The molecule has 0 radical (unpaired) electrons. The molecular formula is C27H32F5N7O2. The topological polar surface area (TPSA) is 106 Å². The summed E-state index contributed by atoms with van der Waals surface area (Å²) < 4.78 is 69.6. The van der Waals surface area contributed by atoms with Crippen molar-refractivity contribution in [1.29, 1.82) is 0 Å². The fourth-order valence-electron chi connectivity index (χ4n) is 5.91. The molecule has 5 rings (SSSR count). The minimum atomic E-state index is -4.31. The second-order valence-electron chi connectivity index (χ2n) is 11.0. The first-order chi connectivity index (χ1) is 19.4. The van der Waals surface area contributed by atoms with Crippen molar-refractivity contribution in [2.24, 2.45) is 17.8 Å². The lowest BCUT2D eigenvalue weighted by Gasteiger charge is -2.33. The number of aromatic nitrogens is 5. The number of fused-ring (bicyclic) bond motifs is 1. The van der Waals surface area contributed by atoms with Gasteiger partial charge in [0.05, 0.1) is 23.6 Å². The molecule has 2 N–H and O–H groups in total. The van der Waals surface area contributed by atoms with Gasteiger partial charge in [-0.1, -0.05) is 0 Å². The molecule has 3 aromatic heterocycles. The van der Waals surface area contributed by atoms with Crippen LogP contribution in [0.15, 0.2) is 30.6 Å². The number of nitrogens with zero attached hydrogens (tertiary/aromatic N) is 5. The van der Waals surface area contributed by atoms with Crippen molar-refractivity contribution in [1.82, 2.24) is 35.0 Å². The number of aryl methyl sites for hydroxylation is 1. The Morgan fingerprint density at radius 2 is 1.98 bits per heavy atom. The van der Waals surface area contributed by atoms with E-state index >= 15 is 0 Å². The van der Waals surface area contributed by atoms with E-state index in [1.807, 2.05) is 6.92 Å². The summed E-state index contributed by atoms with van der Waals surface area (Å²) in [7, 11) is 0. The number of hydrogen-bond donors (Lipinski definition) is 2. The number of carbonyl (C=O) groups is 2. The Hall–Kier alpha value is -3.58. The molecule has 4 heterocycles. The van der Waals surface area contributed by atoms with Crippen molar-refractivity contribution in [3.63, 3.8) is 0 Å². The van der Waals surface area contributed by atoms with Gasteiger partial charge in [0, 0.05) is 50.9 Å². The number of alkyl halides is 5. The quantitative estimate of drug-likeness (QED) is 0.382. The molecule has 2 amide bonds. The van der Waals surface area contributed by atoms with Gasteiger partial charge in [0.15, 0.2) is 5.65 Å². The van der Waals surface area contributed by atoms with Gasteiger partial charge in [-0.15, -0.1) is 0 Å². The maximum Gasteiger partial charge on any atom is 0.389 e. The number of hydrogen-bond acceptors (Lipinski definition) is 5. The molecule has 2 fully saturated rings. The SMILES string of the molecule is CCn1nccc1C(=O)N[C@H](c1cn2nc(CC3CC(CC(F)(F)F)CNC3=O)ccc2n1)C1CCC(F)(F)CC1. The van der Waals surface area contributed by atoms with E-state index in [0.29, 0.717) is 29.3 Å². The molecule has 1 aliphatic heterocycles. The van der Waals surface area contributed by atoms with Crippen LogP contribution < -0.4 is 10.6 Å². The Balaban J connectivity index is 1.37. The van der Waals surface area contributed by atoms with Crippen LogP contribution in [0.1, 0.15) is 73.4 Å². The lowest BCUT2D eigenvalue weighted by molar-refractivity contribution is -0.150. The van der Waals surface area contributed by atoms with E-state index in [2.05, 4.69) is 25.8 Å². The van der Waals surface area contributed by atoms with E-state index in [9.17, 15) is 31.5 Å². The number of nitrogens with one attached hydrogen (secondary N) is 2. The number of imidazole rings is 1. The molecule has 0 spiro atoms. The molecule has 1 aliphatic carbocycles. The molecule has 2 unspecified atom stereocenters. The maximum absolute atomic E-state index is 14.0. The van der Waals surface area contributed by atoms with Crippen LogP contribution in [0, 0.1) is 17.8 Å². The fourth-order valence-corrected chi connectivity index (χ4v) is 5.91. The number of amides is 2. The Bertz CT molecular complexity index is 1390. The summed E-state index contributed by atoms with van der Waals surface area (Å²) in [6.07, 6.45) is -2.03. The molecule has 9 nitrogen and oxygen atoms in total. The Morgan fingerprint density at radius 3 is 2.68 bits per heavy atom. The van der Waals surface area contributed by atoms with Crippen LogP contribution in [0.5, 0.6) is 0 Å². The molecule has 1 saturated carbocycles. The van der Waals surface area contributed by atoms with Crippen molar-refractivity contribution in [2.75, 3.05) is 6.54 Å². The summed E-state index contributed by atoms with van der Waals surface area (Å²) in [5.74, 6) is -5.07. The molecule has 222 valence electrons. The van der Waals surface area contributed by atoms with Gasteiger partial charge < -0.3 is 10.6 Å². The highest BCUT2D eigenvalue weighted by atomic mass is 19.4. The molecule has 1 saturated heterocycles. The second kappa shape index (κ2) is 11.4. The third kappa shape index (κ3) is 6.84. The van der Waals surface area contributed by atoms with E-state index in [0.717, 1.165) is 0 Å². The smallest absolute Gasteiger partial charge is 0.356 e. The van der Waals surface area contributed by atoms with Crippen LogP contribution in [-0.4, -0.2) is 54.8 Å². The molecule has 0 bridgehead atoms. The summed E-state index contributed by atoms with van der Waals surface area (Å²) in [5.41, 5.74) is 1.75. The highest BCUT2D eigenvalue weighted by molar-refractivity contribution is 5.92. The Morgan fingerprint density at radius 1 is 1.22 bits per heavy atom. The monoisotopic (exact) mass is 581 g/mol. The van der Waals surface area contributed by atoms with E-state index < -0.39 is 42.3 Å². The first kappa shape index (κ1) is 28.9. The molecule has 14 heteroatoms. The average Bonchev–Trinajstić information content (AvgIpc) is 3.55. The summed E-state index contributed by atoms with van der Waals surface area (Å²) in [4.78, 5) is 30.2. The molecular weight excluding hydrogens is 549 g/mol. The minimum Gasteiger partial charge on any atom is -0.356 e. The molecule has 3 atom stereocenters. The van der Waals surface area contributed by atoms with Gasteiger partial charge in [-0.2, -0.15) is 23.4 Å². The summed E-state index contributed by atoms with van der Waals surface area (Å²) in [5, 5.41) is 14.2. The molecule has 0 aromatic carbocycles. The molecule has 2 aliphatic rings. The van der Waals surface area contributed by atoms with Crippen molar-refractivity contribution in [2.45, 2.75) is 76.6 Å². The van der Waals surface area contributed by atoms with Gasteiger partial charge in [-0.3, -0.25) is 14.3 Å². The van der Waals surface area contributed by atoms with Crippen LogP contribution in [0.25, 0.3) is 5.65 Å². The van der Waals surface area contributed by atoms with Crippen molar-refractivity contribution in [3.8, 4) is 0 Å². The zero-order valence-electron chi connectivity index (χ0n) is 22.5. The average molecular weight is 582 g/mol. The highest BCUT2D eigenvalue weighted by Crippen LogP contribution is 2.41. The van der Waals surface area contributed by atoms with Crippen molar-refractivity contribution >= 4 is 17.5 Å². The summed E-state index contributed by atoms with van der Waals surface area (Å²) in [6, 6.07) is 4.28. The van der Waals surface area contributed by atoms with Crippen LogP contribution in [0.2, 0.25) is 0 Å². The zero-order chi connectivity index (χ0) is 29.4. The zero-order valence-corrected chi connectivity index (χ0v) is 22.5. The van der Waals surface area contributed by atoms with Crippen LogP contribution >= 0.6 is 0 Å². The van der Waals surface area contributed by atoms with E-state index in [1.54, 1.807) is 29.1 Å². The van der Waals surface area contributed by atoms with Gasteiger partial charge in [-0.25, -0.2) is 18.3 Å². The van der Waals surface area contributed by atoms with E-state index in [-0.39, 0.29) is 56.9 Å². The van der Waals surface area contributed by atoms with Crippen molar-refractivity contribution in [3.05, 3.63) is 47.7 Å². The molecule has 3 aromatic rings. The summed E-state index contributed by atoms with van der Waals surface area (Å²) >= 11 is 0. The standard InChI is InChI=1S/C27H32F5N7O2/c1-2-38-21(7-10-34-38)25(41)36-23(17-5-8-26(28,29)9-6-17)20-15-39-22(35-20)4-3-19(37-39)12-18-11-16(13-27(30,31)32)14-33-24(18)40/h3-4,7,10,15-18,23H,2,5-6,8-9,11-14H2,1H3,(H,33,40)(H,36,41)/t16?,18?,23-/m0/s1. The number of halogens is 5. The lowest BCUT2D eigenvalue weighted by Crippen LogP contribution is -2.43. The third-order valence-corrected chi connectivity index (χ3v) is 8.01. The van der Waals surface area contributed by atoms with Gasteiger partial charge >= 0.3 is 6.18 Å². The first-order valence-electron chi connectivity index (χ1n) is 13.8. The second-order valence-corrected chi connectivity index (χ2v) is 11.0. The predicted octanol–water partition coefficient (Wildman–Crippen LogP) is 4.49. The van der Waals surface area contributed by atoms with Gasteiger partial charge in [0.25, 0.3) is 5.91 Å². The fraction of sp³-hybridized carbons (Fsp3) is 0.593. The van der Waals surface area contributed by atoms with Gasteiger partial charge in [0.2, 0.25) is 11.8 Å². The van der Waals surface area contributed by atoms with Crippen LogP contribution in [0.4, 0.5) is 22.0 Å². The van der Waals surface area contributed by atoms with Crippen LogP contribution in [0.3, 0.4) is 0 Å². The maximum atomic E-state index is 14.0. The largest absolute Gasteiger partial charge is 0.389 e. The predicted molar refractivity (Wildman–Crippen MR) is 137 cm³/mol. The van der Waals surface area contributed by atoms with Gasteiger partial charge in [0.1, 0.15) is 5.69 Å². The normalized spacial score (nSPS) is 22.4. The highest BCUT2D eigenvalue weighted by Gasteiger charge is 2.40. The van der Waals surface area contributed by atoms with E-state index in [1.165, 1.54) is 10.7 Å². The van der Waals surface area contributed by atoms with Gasteiger partial charge in [-0.05, 0) is 56.2 Å².